The maximum Gasteiger partial charge on any atom is 0.237 e. The van der Waals surface area contributed by atoms with E-state index in [-0.39, 0.29) is 11.7 Å². The van der Waals surface area contributed by atoms with Gasteiger partial charge in [-0.3, -0.25) is 9.69 Å². The second kappa shape index (κ2) is 10.3. The van der Waals surface area contributed by atoms with Crippen LogP contribution in [0, 0.1) is 5.82 Å². The highest BCUT2D eigenvalue weighted by Crippen LogP contribution is 2.28. The molecule has 0 atom stereocenters. The summed E-state index contributed by atoms with van der Waals surface area (Å²) in [5.74, 6) is 0.720. The highest BCUT2D eigenvalue weighted by atomic mass is 19.1. The second-order valence-electron chi connectivity index (χ2n) is 7.31. The Labute approximate surface area is 177 Å². The Morgan fingerprint density at radius 2 is 1.73 bits per heavy atom. The van der Waals surface area contributed by atoms with Gasteiger partial charge in [0.15, 0.2) is 11.6 Å². The number of carbonyl (C=O) groups excluding carboxylic acids is 1. The zero-order valence-electron chi connectivity index (χ0n) is 17.9. The number of rotatable bonds is 8. The van der Waals surface area contributed by atoms with Crippen molar-refractivity contribution in [3.05, 3.63) is 53.8 Å². The summed E-state index contributed by atoms with van der Waals surface area (Å²) in [6.07, 6.45) is 0. The third kappa shape index (κ3) is 5.21. The molecule has 0 spiro atoms. The smallest absolute Gasteiger partial charge is 0.237 e. The Kier molecular flexibility index (Phi) is 7.52. The summed E-state index contributed by atoms with van der Waals surface area (Å²) in [6.45, 7) is 6.55. The Hall–Kier alpha value is -2.80. The zero-order valence-corrected chi connectivity index (χ0v) is 17.9. The Morgan fingerprint density at radius 1 is 1.03 bits per heavy atom. The number of ether oxygens (including phenoxy) is 2. The van der Waals surface area contributed by atoms with Crippen molar-refractivity contribution in [3.63, 3.8) is 0 Å². The predicted molar refractivity (Wildman–Crippen MR) is 116 cm³/mol. The van der Waals surface area contributed by atoms with Crippen LogP contribution < -0.4 is 14.4 Å². The van der Waals surface area contributed by atoms with Crippen molar-refractivity contribution >= 4 is 11.6 Å². The molecule has 0 aliphatic carbocycles. The molecule has 7 heteroatoms. The zero-order chi connectivity index (χ0) is 21.5. The summed E-state index contributed by atoms with van der Waals surface area (Å²) in [4.78, 5) is 19.1. The van der Waals surface area contributed by atoms with Gasteiger partial charge < -0.3 is 19.3 Å². The highest BCUT2D eigenvalue weighted by Gasteiger charge is 2.23. The van der Waals surface area contributed by atoms with E-state index in [1.54, 1.807) is 24.1 Å². The fourth-order valence-corrected chi connectivity index (χ4v) is 3.73. The summed E-state index contributed by atoms with van der Waals surface area (Å²) >= 11 is 0. The van der Waals surface area contributed by atoms with Gasteiger partial charge in [-0.15, -0.1) is 0 Å². The molecule has 1 amide bonds. The van der Waals surface area contributed by atoms with E-state index in [1.165, 1.54) is 13.2 Å². The number of likely N-dealkylation sites (N-methyl/N-ethyl adjacent to an activating group) is 1. The maximum atomic E-state index is 14.0. The van der Waals surface area contributed by atoms with Crippen LogP contribution in [-0.4, -0.2) is 69.2 Å². The number of nitrogens with zero attached hydrogens (tertiary/aromatic N) is 3. The third-order valence-electron chi connectivity index (χ3n) is 5.48. The Morgan fingerprint density at radius 3 is 2.37 bits per heavy atom. The van der Waals surface area contributed by atoms with Gasteiger partial charge in [0.05, 0.1) is 26.5 Å². The molecule has 3 rings (SSSR count). The van der Waals surface area contributed by atoms with E-state index in [1.807, 2.05) is 25.1 Å². The quantitative estimate of drug-likeness (QED) is 0.663. The molecular formula is C23H30FN3O3. The van der Waals surface area contributed by atoms with Gasteiger partial charge in [-0.1, -0.05) is 18.2 Å². The first-order chi connectivity index (χ1) is 14.5. The number of amides is 1. The van der Waals surface area contributed by atoms with Gasteiger partial charge in [0.25, 0.3) is 0 Å². The molecule has 1 aliphatic heterocycles. The van der Waals surface area contributed by atoms with Gasteiger partial charge in [0, 0.05) is 39.3 Å². The van der Waals surface area contributed by atoms with Crippen LogP contribution in [0.2, 0.25) is 0 Å². The lowest BCUT2D eigenvalue weighted by molar-refractivity contribution is -0.132. The number of benzene rings is 2. The van der Waals surface area contributed by atoms with Crippen LogP contribution in [0.3, 0.4) is 0 Å². The van der Waals surface area contributed by atoms with E-state index in [2.05, 4.69) is 15.9 Å². The van der Waals surface area contributed by atoms with E-state index in [0.717, 1.165) is 43.2 Å². The number of carbonyl (C=O) groups is 1. The van der Waals surface area contributed by atoms with Crippen LogP contribution in [0.4, 0.5) is 10.1 Å². The largest absolute Gasteiger partial charge is 0.495 e. The van der Waals surface area contributed by atoms with Crippen LogP contribution in [0.1, 0.15) is 12.5 Å². The first kappa shape index (κ1) is 21.9. The summed E-state index contributed by atoms with van der Waals surface area (Å²) in [7, 11) is 3.12. The highest BCUT2D eigenvalue weighted by molar-refractivity contribution is 5.78. The minimum Gasteiger partial charge on any atom is -0.495 e. The molecule has 0 unspecified atom stereocenters. The number of hydrogen-bond donors (Lipinski definition) is 0. The number of methoxy groups -OCH3 is 2. The van der Waals surface area contributed by atoms with Gasteiger partial charge in [0.1, 0.15) is 5.75 Å². The Bertz CT molecular complexity index is 853. The minimum atomic E-state index is -0.411. The number of hydrogen-bond acceptors (Lipinski definition) is 5. The summed E-state index contributed by atoms with van der Waals surface area (Å²) < 4.78 is 24.4. The van der Waals surface area contributed by atoms with Crippen molar-refractivity contribution in [2.24, 2.45) is 0 Å². The van der Waals surface area contributed by atoms with E-state index < -0.39 is 5.82 Å². The molecule has 0 bridgehead atoms. The molecule has 6 nitrogen and oxygen atoms in total. The van der Waals surface area contributed by atoms with Gasteiger partial charge in [0.2, 0.25) is 5.91 Å². The van der Waals surface area contributed by atoms with Crippen molar-refractivity contribution in [2.75, 3.05) is 58.4 Å². The van der Waals surface area contributed by atoms with Crippen LogP contribution in [0.25, 0.3) is 0 Å². The lowest BCUT2D eigenvalue weighted by Crippen LogP contribution is -2.50. The molecule has 1 fully saturated rings. The van der Waals surface area contributed by atoms with Crippen molar-refractivity contribution in [1.29, 1.82) is 0 Å². The van der Waals surface area contributed by atoms with Crippen LogP contribution >= 0.6 is 0 Å². The standard InChI is InChI=1S/C23H30FN3O3/c1-4-26(16-18-9-10-21(29-2)19(24)15-18)23(28)17-25-11-13-27(14-12-25)20-7-5-6-8-22(20)30-3/h5-10,15H,4,11-14,16-17H2,1-3H3. The van der Waals surface area contributed by atoms with Crippen molar-refractivity contribution < 1.29 is 18.7 Å². The lowest BCUT2D eigenvalue weighted by Gasteiger charge is -2.37. The fourth-order valence-electron chi connectivity index (χ4n) is 3.73. The van der Waals surface area contributed by atoms with Gasteiger partial charge in [-0.2, -0.15) is 0 Å². The predicted octanol–water partition coefficient (Wildman–Crippen LogP) is 3.01. The number of anilines is 1. The van der Waals surface area contributed by atoms with Gasteiger partial charge >= 0.3 is 0 Å². The monoisotopic (exact) mass is 415 g/mol. The summed E-state index contributed by atoms with van der Waals surface area (Å²) in [5.41, 5.74) is 1.84. The van der Waals surface area contributed by atoms with Crippen LogP contribution in [0.15, 0.2) is 42.5 Å². The minimum absolute atomic E-state index is 0.0551. The molecule has 0 aromatic heterocycles. The lowest BCUT2D eigenvalue weighted by atomic mass is 10.2. The molecule has 0 saturated carbocycles. The molecule has 2 aromatic carbocycles. The van der Waals surface area contributed by atoms with E-state index in [0.29, 0.717) is 19.6 Å². The fraction of sp³-hybridized carbons (Fsp3) is 0.435. The SMILES string of the molecule is CCN(Cc1ccc(OC)c(F)c1)C(=O)CN1CCN(c2ccccc2OC)CC1. The van der Waals surface area contributed by atoms with E-state index in [9.17, 15) is 9.18 Å². The maximum absolute atomic E-state index is 14.0. The van der Waals surface area contributed by atoms with Gasteiger partial charge in [-0.25, -0.2) is 4.39 Å². The molecule has 30 heavy (non-hydrogen) atoms. The number of para-hydroxylation sites is 2. The van der Waals surface area contributed by atoms with Crippen molar-refractivity contribution in [3.8, 4) is 11.5 Å². The van der Waals surface area contributed by atoms with Crippen LogP contribution in [-0.2, 0) is 11.3 Å². The number of halogens is 1. The average Bonchev–Trinajstić information content (AvgIpc) is 2.78. The Balaban J connectivity index is 1.54. The third-order valence-corrected chi connectivity index (χ3v) is 5.48. The number of piperazine rings is 1. The molecule has 162 valence electrons. The van der Waals surface area contributed by atoms with E-state index in [4.69, 9.17) is 9.47 Å². The summed E-state index contributed by atoms with van der Waals surface area (Å²) in [5, 5.41) is 0. The first-order valence-corrected chi connectivity index (χ1v) is 10.3. The molecule has 1 heterocycles. The van der Waals surface area contributed by atoms with E-state index >= 15 is 0 Å². The average molecular weight is 416 g/mol. The molecule has 0 N–H and O–H groups in total. The van der Waals surface area contributed by atoms with Crippen molar-refractivity contribution in [1.82, 2.24) is 9.80 Å². The second-order valence-corrected chi connectivity index (χ2v) is 7.31. The molecular weight excluding hydrogens is 385 g/mol. The first-order valence-electron chi connectivity index (χ1n) is 10.3. The molecule has 1 saturated heterocycles. The summed E-state index contributed by atoms with van der Waals surface area (Å²) in [6, 6.07) is 12.8. The topological polar surface area (TPSA) is 45.2 Å². The van der Waals surface area contributed by atoms with Crippen LogP contribution in [0.5, 0.6) is 11.5 Å². The molecule has 2 aromatic rings. The van der Waals surface area contributed by atoms with Gasteiger partial charge in [-0.05, 0) is 36.8 Å². The molecule has 0 radical (unpaired) electrons. The normalized spacial score (nSPS) is 14.5. The van der Waals surface area contributed by atoms with Crippen molar-refractivity contribution in [2.45, 2.75) is 13.5 Å². The molecule has 1 aliphatic rings.